The van der Waals surface area contributed by atoms with Gasteiger partial charge in [-0.2, -0.15) is 0 Å². The molecule has 0 aliphatic heterocycles. The van der Waals surface area contributed by atoms with Crippen molar-refractivity contribution in [1.29, 1.82) is 0 Å². The van der Waals surface area contributed by atoms with Gasteiger partial charge in [-0.25, -0.2) is 0 Å². The van der Waals surface area contributed by atoms with Crippen LogP contribution in [-0.2, 0) is 14.3 Å². The van der Waals surface area contributed by atoms with Gasteiger partial charge in [-0.15, -0.1) is 0 Å². The van der Waals surface area contributed by atoms with Gasteiger partial charge in [0.05, 0.1) is 25.2 Å². The standard InChI is InChI=1S/C57H105NO5/c1-4-7-10-13-16-19-22-25-27-29-31-34-37-40-43-46-49-55(60)54(52-59)58-56(61)51-53(48-45-42-39-36-33-30-24-21-18-15-12-9-6-3)63-57(62)50-47-44-41-38-35-32-28-26-23-20-17-14-11-8-5-2/h17-18,20-21,23-24,26,30,53-55,59-60H,4-16,19,22,25,27-29,31-52H2,1-3H3,(H,58,61)/b20-17+,21-18+,26-23+,30-24+. The fourth-order valence-electron chi connectivity index (χ4n) is 8.24. The normalized spacial score (nSPS) is 13.5. The number of unbranched alkanes of at least 4 members (excludes halogenated alkanes) is 31. The highest BCUT2D eigenvalue weighted by molar-refractivity contribution is 5.77. The molecule has 0 rings (SSSR count). The zero-order valence-corrected chi connectivity index (χ0v) is 42.0. The Hall–Kier alpha value is -2.18. The van der Waals surface area contributed by atoms with Crippen LogP contribution >= 0.6 is 0 Å². The molecule has 0 saturated heterocycles. The van der Waals surface area contributed by atoms with E-state index in [2.05, 4.69) is 74.7 Å². The average Bonchev–Trinajstić information content (AvgIpc) is 3.28. The number of carbonyl (C=O) groups is 2. The second-order valence-electron chi connectivity index (χ2n) is 18.7. The highest BCUT2D eigenvalue weighted by Crippen LogP contribution is 2.18. The van der Waals surface area contributed by atoms with Crippen LogP contribution in [-0.4, -0.2) is 46.9 Å². The largest absolute Gasteiger partial charge is 0.462 e. The van der Waals surface area contributed by atoms with E-state index in [1.54, 1.807) is 0 Å². The minimum atomic E-state index is -0.795. The smallest absolute Gasteiger partial charge is 0.306 e. The lowest BCUT2D eigenvalue weighted by Gasteiger charge is -2.24. The van der Waals surface area contributed by atoms with Crippen LogP contribution in [0.4, 0.5) is 0 Å². The first-order valence-corrected chi connectivity index (χ1v) is 27.4. The Morgan fingerprint density at radius 3 is 1.21 bits per heavy atom. The second-order valence-corrected chi connectivity index (χ2v) is 18.7. The lowest BCUT2D eigenvalue weighted by Crippen LogP contribution is -2.46. The van der Waals surface area contributed by atoms with Crippen LogP contribution in [0.2, 0.25) is 0 Å². The van der Waals surface area contributed by atoms with Crippen molar-refractivity contribution >= 4 is 11.9 Å². The van der Waals surface area contributed by atoms with Crippen molar-refractivity contribution in [2.45, 2.75) is 296 Å². The molecule has 63 heavy (non-hydrogen) atoms. The maximum Gasteiger partial charge on any atom is 0.306 e. The van der Waals surface area contributed by atoms with E-state index in [-0.39, 0.29) is 24.9 Å². The van der Waals surface area contributed by atoms with Crippen LogP contribution in [0.15, 0.2) is 48.6 Å². The summed E-state index contributed by atoms with van der Waals surface area (Å²) in [5.41, 5.74) is 0. The third-order valence-corrected chi connectivity index (χ3v) is 12.4. The fourth-order valence-corrected chi connectivity index (χ4v) is 8.24. The van der Waals surface area contributed by atoms with Crippen molar-refractivity contribution in [2.75, 3.05) is 6.61 Å². The second kappa shape index (κ2) is 50.8. The molecule has 368 valence electrons. The van der Waals surface area contributed by atoms with E-state index in [4.69, 9.17) is 4.74 Å². The lowest BCUT2D eigenvalue weighted by atomic mass is 10.0. The molecule has 0 aliphatic carbocycles. The minimum Gasteiger partial charge on any atom is -0.462 e. The van der Waals surface area contributed by atoms with Crippen molar-refractivity contribution in [1.82, 2.24) is 5.32 Å². The summed E-state index contributed by atoms with van der Waals surface area (Å²) < 4.78 is 5.93. The highest BCUT2D eigenvalue weighted by Gasteiger charge is 2.24. The SMILES string of the molecule is CCCCC/C=C/C=C/CCCCCCCCC(=O)OC(CCCCCC/C=C/C=C/CCCCC)CC(=O)NC(CO)C(O)CCCCCCCCCCCCCCCCCC. The number of allylic oxidation sites excluding steroid dienone is 8. The van der Waals surface area contributed by atoms with Crippen LogP contribution in [0, 0.1) is 0 Å². The topological polar surface area (TPSA) is 95.9 Å². The summed E-state index contributed by atoms with van der Waals surface area (Å²) in [7, 11) is 0. The molecule has 0 radical (unpaired) electrons. The molecule has 0 bridgehead atoms. The number of amides is 1. The van der Waals surface area contributed by atoms with Crippen LogP contribution in [0.1, 0.15) is 278 Å². The monoisotopic (exact) mass is 884 g/mol. The van der Waals surface area contributed by atoms with Crippen molar-refractivity contribution in [3.63, 3.8) is 0 Å². The zero-order valence-electron chi connectivity index (χ0n) is 42.0. The van der Waals surface area contributed by atoms with Gasteiger partial charge in [0.2, 0.25) is 5.91 Å². The molecule has 0 saturated carbocycles. The van der Waals surface area contributed by atoms with Gasteiger partial charge in [0.25, 0.3) is 0 Å². The first-order valence-electron chi connectivity index (χ1n) is 27.4. The fraction of sp³-hybridized carbons (Fsp3) is 0.825. The summed E-state index contributed by atoms with van der Waals surface area (Å²) in [6.45, 7) is 6.43. The van der Waals surface area contributed by atoms with Crippen LogP contribution < -0.4 is 5.32 Å². The molecular weight excluding hydrogens is 779 g/mol. The van der Waals surface area contributed by atoms with Gasteiger partial charge in [-0.1, -0.05) is 236 Å². The summed E-state index contributed by atoms with van der Waals surface area (Å²) in [6, 6.07) is -0.711. The van der Waals surface area contributed by atoms with Crippen molar-refractivity contribution in [3.05, 3.63) is 48.6 Å². The third kappa shape index (κ3) is 46.2. The highest BCUT2D eigenvalue weighted by atomic mass is 16.5. The Morgan fingerprint density at radius 2 is 0.794 bits per heavy atom. The first-order chi connectivity index (χ1) is 31.0. The minimum absolute atomic E-state index is 0.0600. The Labute approximate surface area is 391 Å². The van der Waals surface area contributed by atoms with Crippen molar-refractivity contribution < 1.29 is 24.5 Å². The van der Waals surface area contributed by atoms with Crippen molar-refractivity contribution in [3.8, 4) is 0 Å². The molecule has 1 amide bonds. The van der Waals surface area contributed by atoms with Crippen molar-refractivity contribution in [2.24, 2.45) is 0 Å². The summed E-state index contributed by atoms with van der Waals surface area (Å²) in [6.07, 6.45) is 61.7. The zero-order chi connectivity index (χ0) is 45.9. The lowest BCUT2D eigenvalue weighted by molar-refractivity contribution is -0.151. The van der Waals surface area contributed by atoms with Crippen LogP contribution in [0.25, 0.3) is 0 Å². The Bertz CT molecular complexity index is 1080. The van der Waals surface area contributed by atoms with Gasteiger partial charge < -0.3 is 20.3 Å². The van der Waals surface area contributed by atoms with E-state index in [0.29, 0.717) is 19.3 Å². The quantitative estimate of drug-likeness (QED) is 0.0321. The number of aliphatic hydroxyl groups excluding tert-OH is 2. The molecule has 0 aromatic rings. The Kier molecular flexibility index (Phi) is 49.1. The van der Waals surface area contributed by atoms with Crippen LogP contribution in [0.5, 0.6) is 0 Å². The Morgan fingerprint density at radius 1 is 0.460 bits per heavy atom. The van der Waals surface area contributed by atoms with E-state index >= 15 is 0 Å². The molecular formula is C57H105NO5. The molecule has 0 aromatic carbocycles. The van der Waals surface area contributed by atoms with Gasteiger partial charge in [0, 0.05) is 6.42 Å². The number of carbonyl (C=O) groups excluding carboxylic acids is 2. The number of hydrogen-bond acceptors (Lipinski definition) is 5. The Balaban J connectivity index is 4.56. The number of esters is 1. The molecule has 0 aromatic heterocycles. The van der Waals surface area contributed by atoms with Crippen LogP contribution in [0.3, 0.4) is 0 Å². The predicted octanol–water partition coefficient (Wildman–Crippen LogP) is 16.6. The molecule has 6 nitrogen and oxygen atoms in total. The predicted molar refractivity (Wildman–Crippen MR) is 273 cm³/mol. The van der Waals surface area contributed by atoms with E-state index in [0.717, 1.165) is 83.5 Å². The number of aliphatic hydroxyl groups is 2. The van der Waals surface area contributed by atoms with Gasteiger partial charge in [0.1, 0.15) is 6.10 Å². The molecule has 0 spiro atoms. The summed E-state index contributed by atoms with van der Waals surface area (Å²) in [4.78, 5) is 26.2. The van der Waals surface area contributed by atoms with E-state index in [1.165, 1.54) is 148 Å². The van der Waals surface area contributed by atoms with Gasteiger partial charge in [0.15, 0.2) is 0 Å². The maximum absolute atomic E-state index is 13.2. The number of rotatable bonds is 49. The molecule has 3 unspecified atom stereocenters. The molecule has 0 fully saturated rings. The molecule has 3 atom stereocenters. The average molecular weight is 884 g/mol. The number of ether oxygens (including phenoxy) is 1. The summed E-state index contributed by atoms with van der Waals surface area (Å²) in [5.74, 6) is -0.501. The maximum atomic E-state index is 13.2. The molecule has 3 N–H and O–H groups in total. The molecule has 0 heterocycles. The van der Waals surface area contributed by atoms with E-state index < -0.39 is 18.2 Å². The molecule has 6 heteroatoms. The third-order valence-electron chi connectivity index (χ3n) is 12.4. The van der Waals surface area contributed by atoms with E-state index in [1.807, 2.05) is 0 Å². The van der Waals surface area contributed by atoms with Gasteiger partial charge in [-0.05, 0) is 77.0 Å². The molecule has 0 aliphatic rings. The summed E-state index contributed by atoms with van der Waals surface area (Å²) >= 11 is 0. The first kappa shape index (κ1) is 60.8. The summed E-state index contributed by atoms with van der Waals surface area (Å²) in [5, 5.41) is 23.8. The van der Waals surface area contributed by atoms with E-state index in [9.17, 15) is 19.8 Å². The number of nitrogens with one attached hydrogen (secondary N) is 1. The van der Waals surface area contributed by atoms with Gasteiger partial charge >= 0.3 is 5.97 Å². The van der Waals surface area contributed by atoms with Gasteiger partial charge in [-0.3, -0.25) is 9.59 Å². The number of hydrogen-bond donors (Lipinski definition) is 3.